The number of nitrogens with one attached hydrogen (secondary N) is 1. The van der Waals surface area contributed by atoms with Crippen molar-refractivity contribution in [3.63, 3.8) is 0 Å². The van der Waals surface area contributed by atoms with Gasteiger partial charge >= 0.3 is 11.9 Å². The molecule has 1 aromatic carbocycles. The maximum Gasteiger partial charge on any atom is 0.337 e. The number of allylic oxidation sites excluding steroid dienone is 2. The van der Waals surface area contributed by atoms with Crippen LogP contribution in [0.3, 0.4) is 0 Å². The number of nitro benzene ring substituents is 1. The highest BCUT2D eigenvalue weighted by Crippen LogP contribution is 2.40. The van der Waals surface area contributed by atoms with Gasteiger partial charge in [0.15, 0.2) is 0 Å². The Morgan fingerprint density at radius 3 is 2.33 bits per heavy atom. The van der Waals surface area contributed by atoms with Crippen LogP contribution in [0, 0.1) is 10.1 Å². The fourth-order valence-corrected chi connectivity index (χ4v) is 3.40. The summed E-state index contributed by atoms with van der Waals surface area (Å²) >= 11 is 1.33. The highest BCUT2D eigenvalue weighted by atomic mass is 32.2. The second-order valence-electron chi connectivity index (χ2n) is 6.45. The molecule has 0 spiro atoms. The van der Waals surface area contributed by atoms with Gasteiger partial charge < -0.3 is 19.5 Å². The third-order valence-electron chi connectivity index (χ3n) is 4.44. The second kappa shape index (κ2) is 10.8. The second-order valence-corrected chi connectivity index (χ2v) is 7.27. The normalized spacial score (nSPS) is 16.2. The summed E-state index contributed by atoms with van der Waals surface area (Å²) in [6.07, 6.45) is 1.79. The zero-order valence-corrected chi connectivity index (χ0v) is 18.0. The van der Waals surface area contributed by atoms with Crippen LogP contribution in [0.5, 0.6) is 0 Å². The molecule has 30 heavy (non-hydrogen) atoms. The first-order chi connectivity index (χ1) is 14.3. The molecule has 162 valence electrons. The third-order valence-corrected chi connectivity index (χ3v) is 4.80. The number of thioether (sulfide) groups is 1. The lowest BCUT2D eigenvalue weighted by Crippen LogP contribution is -2.32. The fourth-order valence-electron chi connectivity index (χ4n) is 3.17. The summed E-state index contributed by atoms with van der Waals surface area (Å²) in [5.74, 6) is -2.00. The van der Waals surface area contributed by atoms with Crippen LogP contribution in [-0.2, 0) is 23.8 Å². The maximum absolute atomic E-state index is 12.9. The predicted octanol–water partition coefficient (Wildman–Crippen LogP) is 2.88. The van der Waals surface area contributed by atoms with E-state index in [0.29, 0.717) is 17.0 Å². The number of hydrogen-bond donors (Lipinski definition) is 1. The summed E-state index contributed by atoms with van der Waals surface area (Å²) < 4.78 is 15.5. The minimum Gasteiger partial charge on any atom is -0.460 e. The molecular formula is C20H24N2O7S. The molecule has 1 heterocycles. The van der Waals surface area contributed by atoms with Crippen molar-refractivity contribution >= 4 is 29.4 Å². The number of nitrogens with zero attached hydrogens (tertiary/aromatic N) is 1. The van der Waals surface area contributed by atoms with E-state index in [1.54, 1.807) is 26.2 Å². The highest BCUT2D eigenvalue weighted by molar-refractivity contribution is 7.98. The predicted molar refractivity (Wildman–Crippen MR) is 112 cm³/mol. The van der Waals surface area contributed by atoms with Gasteiger partial charge in [0.1, 0.15) is 12.5 Å². The van der Waals surface area contributed by atoms with E-state index in [4.69, 9.17) is 14.2 Å². The van der Waals surface area contributed by atoms with Crippen LogP contribution in [0.15, 0.2) is 46.8 Å². The Labute approximate surface area is 178 Å². The van der Waals surface area contributed by atoms with Gasteiger partial charge in [-0.05, 0) is 25.7 Å². The van der Waals surface area contributed by atoms with E-state index < -0.39 is 22.8 Å². The van der Waals surface area contributed by atoms with Gasteiger partial charge in [-0.3, -0.25) is 10.1 Å². The summed E-state index contributed by atoms with van der Waals surface area (Å²) in [6.45, 7) is 3.62. The van der Waals surface area contributed by atoms with Crippen LogP contribution in [0.2, 0.25) is 0 Å². The average Bonchev–Trinajstić information content (AvgIpc) is 2.71. The SMILES string of the molecule is COCCOC(=O)C1=C(C)NC(C)=C(C(=O)OCSC)C1c1cccc([N+](=O)[O-])c1. The Bertz CT molecular complexity index is 895. The molecule has 1 aliphatic rings. The number of esters is 2. The van der Waals surface area contributed by atoms with Crippen molar-refractivity contribution in [3.8, 4) is 0 Å². The molecule has 1 unspecified atom stereocenters. The van der Waals surface area contributed by atoms with Gasteiger partial charge in [-0.15, -0.1) is 11.8 Å². The first kappa shape index (κ1) is 23.4. The number of nitro groups is 1. The van der Waals surface area contributed by atoms with Crippen LogP contribution < -0.4 is 5.32 Å². The minimum atomic E-state index is -0.879. The van der Waals surface area contributed by atoms with Crippen LogP contribution in [-0.4, -0.2) is 49.4 Å². The van der Waals surface area contributed by atoms with Gasteiger partial charge in [-0.2, -0.15) is 0 Å². The fraction of sp³-hybridized carbons (Fsp3) is 0.400. The molecular weight excluding hydrogens is 412 g/mol. The number of hydrogen-bond acceptors (Lipinski definition) is 9. The number of rotatable bonds is 9. The number of non-ortho nitro benzene ring substituents is 1. The molecule has 2 rings (SSSR count). The van der Waals surface area contributed by atoms with Crippen LogP contribution >= 0.6 is 11.8 Å². The number of benzene rings is 1. The molecule has 0 radical (unpaired) electrons. The standard InChI is InChI=1S/C20H24N2O7S/c1-12-16(19(23)28-9-8-27-3)18(14-6-5-7-15(10-14)22(25)26)17(13(2)21-12)20(24)29-11-30-4/h5-7,10,18,21H,8-9,11H2,1-4H3. The molecule has 1 atom stereocenters. The van der Waals surface area contributed by atoms with E-state index in [1.165, 1.54) is 37.1 Å². The van der Waals surface area contributed by atoms with Crippen LogP contribution in [0.25, 0.3) is 0 Å². The third kappa shape index (κ3) is 5.39. The van der Waals surface area contributed by atoms with Crippen molar-refractivity contribution in [3.05, 3.63) is 62.5 Å². The number of carbonyl (C=O) groups excluding carboxylic acids is 2. The highest BCUT2D eigenvalue weighted by Gasteiger charge is 2.38. The van der Waals surface area contributed by atoms with Crippen molar-refractivity contribution in [1.82, 2.24) is 5.32 Å². The first-order valence-electron chi connectivity index (χ1n) is 9.06. The van der Waals surface area contributed by atoms with Gasteiger partial charge in [0.2, 0.25) is 0 Å². The molecule has 1 aromatic rings. The molecule has 0 fully saturated rings. The molecule has 10 heteroatoms. The van der Waals surface area contributed by atoms with Crippen molar-refractivity contribution < 1.29 is 28.7 Å². The molecule has 0 saturated carbocycles. The molecule has 1 aliphatic heterocycles. The zero-order chi connectivity index (χ0) is 22.3. The van der Waals surface area contributed by atoms with Crippen molar-refractivity contribution in [1.29, 1.82) is 0 Å². The van der Waals surface area contributed by atoms with Gasteiger partial charge in [-0.1, -0.05) is 12.1 Å². The summed E-state index contributed by atoms with van der Waals surface area (Å²) in [6, 6.07) is 5.84. The van der Waals surface area contributed by atoms with Crippen LogP contribution in [0.4, 0.5) is 5.69 Å². The Hall–Kier alpha value is -2.85. The van der Waals surface area contributed by atoms with Gasteiger partial charge in [0.05, 0.1) is 28.6 Å². The molecule has 0 amide bonds. The van der Waals surface area contributed by atoms with Crippen molar-refractivity contribution in [2.24, 2.45) is 0 Å². The maximum atomic E-state index is 12.9. The van der Waals surface area contributed by atoms with Gasteiger partial charge in [0, 0.05) is 30.6 Å². The van der Waals surface area contributed by atoms with Crippen molar-refractivity contribution in [2.45, 2.75) is 19.8 Å². The van der Waals surface area contributed by atoms with Crippen LogP contribution in [0.1, 0.15) is 25.3 Å². The van der Waals surface area contributed by atoms with Crippen molar-refractivity contribution in [2.75, 3.05) is 32.5 Å². The van der Waals surface area contributed by atoms with E-state index in [2.05, 4.69) is 5.32 Å². The molecule has 1 N–H and O–H groups in total. The van der Waals surface area contributed by atoms with E-state index in [1.807, 2.05) is 0 Å². The number of ether oxygens (including phenoxy) is 3. The lowest BCUT2D eigenvalue weighted by Gasteiger charge is -2.30. The van der Waals surface area contributed by atoms with Gasteiger partial charge in [-0.25, -0.2) is 9.59 Å². The summed E-state index contributed by atoms with van der Waals surface area (Å²) in [7, 11) is 1.48. The molecule has 0 aliphatic carbocycles. The Morgan fingerprint density at radius 1 is 1.13 bits per heavy atom. The van der Waals surface area contributed by atoms with E-state index in [0.717, 1.165) is 0 Å². The summed E-state index contributed by atoms with van der Waals surface area (Å²) in [5.41, 5.74) is 1.66. The Kier molecular flexibility index (Phi) is 8.43. The molecule has 0 bridgehead atoms. The topological polar surface area (TPSA) is 117 Å². The Balaban J connectivity index is 2.57. The quantitative estimate of drug-likeness (QED) is 0.205. The lowest BCUT2D eigenvalue weighted by molar-refractivity contribution is -0.384. The zero-order valence-electron chi connectivity index (χ0n) is 17.2. The molecule has 9 nitrogen and oxygen atoms in total. The number of carbonyl (C=O) groups is 2. The Morgan fingerprint density at radius 2 is 1.77 bits per heavy atom. The van der Waals surface area contributed by atoms with E-state index in [-0.39, 0.29) is 36.0 Å². The summed E-state index contributed by atoms with van der Waals surface area (Å²) in [4.78, 5) is 36.5. The molecule has 0 saturated heterocycles. The molecule has 0 aromatic heterocycles. The van der Waals surface area contributed by atoms with Gasteiger partial charge in [0.25, 0.3) is 5.69 Å². The van der Waals surface area contributed by atoms with E-state index in [9.17, 15) is 19.7 Å². The smallest absolute Gasteiger partial charge is 0.337 e. The first-order valence-corrected chi connectivity index (χ1v) is 10.5. The van der Waals surface area contributed by atoms with E-state index >= 15 is 0 Å². The average molecular weight is 436 g/mol. The summed E-state index contributed by atoms with van der Waals surface area (Å²) in [5, 5.41) is 14.3. The lowest BCUT2D eigenvalue weighted by atomic mass is 9.80. The number of methoxy groups -OCH3 is 1. The largest absolute Gasteiger partial charge is 0.460 e. The number of dihydropyridines is 1. The minimum absolute atomic E-state index is 0.0305. The monoisotopic (exact) mass is 436 g/mol.